The average molecular weight is 268 g/mol. The van der Waals surface area contributed by atoms with E-state index >= 15 is 0 Å². The van der Waals surface area contributed by atoms with E-state index in [9.17, 15) is 4.79 Å². The summed E-state index contributed by atoms with van der Waals surface area (Å²) in [4.78, 5) is 14.0. The van der Waals surface area contributed by atoms with Gasteiger partial charge in [0.2, 0.25) is 0 Å². The number of methoxy groups -OCH3 is 1. The van der Waals surface area contributed by atoms with E-state index in [1.165, 1.54) is 39.3 Å². The normalized spacial score (nSPS) is 30.5. The Bertz CT molecular complexity index is 305. The van der Waals surface area contributed by atoms with Gasteiger partial charge in [0.1, 0.15) is 0 Å². The maximum Gasteiger partial charge on any atom is 0.407 e. The molecule has 3 atom stereocenters. The molecule has 0 bridgehead atoms. The van der Waals surface area contributed by atoms with Crippen molar-refractivity contribution >= 4 is 6.09 Å². The topological polar surface area (TPSA) is 41.6 Å². The molecular formula is C15H28N2O2. The number of carbonyl (C=O) groups excluding carboxylic acids is 1. The van der Waals surface area contributed by atoms with Crippen LogP contribution in [0.25, 0.3) is 0 Å². The zero-order valence-electron chi connectivity index (χ0n) is 12.5. The summed E-state index contributed by atoms with van der Waals surface area (Å²) in [5.74, 6) is 1.56. The molecule has 0 aromatic carbocycles. The van der Waals surface area contributed by atoms with E-state index in [0.717, 1.165) is 18.9 Å². The number of carbonyl (C=O) groups is 1. The van der Waals surface area contributed by atoms with Crippen LogP contribution in [0.1, 0.15) is 46.0 Å². The largest absolute Gasteiger partial charge is 0.453 e. The maximum atomic E-state index is 11.4. The summed E-state index contributed by atoms with van der Waals surface area (Å²) in [6, 6.07) is 0.902. The van der Waals surface area contributed by atoms with Crippen molar-refractivity contribution in [2.24, 2.45) is 11.8 Å². The number of rotatable bonds is 4. The van der Waals surface area contributed by atoms with Crippen molar-refractivity contribution in [3.05, 3.63) is 0 Å². The van der Waals surface area contributed by atoms with Crippen LogP contribution in [0.2, 0.25) is 0 Å². The first-order valence-electron chi connectivity index (χ1n) is 7.72. The lowest BCUT2D eigenvalue weighted by atomic mass is 9.78. The molecule has 3 unspecified atom stereocenters. The molecule has 1 amide bonds. The van der Waals surface area contributed by atoms with Gasteiger partial charge in [-0.2, -0.15) is 0 Å². The van der Waals surface area contributed by atoms with Crippen LogP contribution in [-0.2, 0) is 4.74 Å². The highest BCUT2D eigenvalue weighted by Gasteiger charge is 2.34. The summed E-state index contributed by atoms with van der Waals surface area (Å²) >= 11 is 0. The molecule has 1 aliphatic heterocycles. The zero-order chi connectivity index (χ0) is 13.8. The minimum Gasteiger partial charge on any atom is -0.453 e. The third-order valence-corrected chi connectivity index (χ3v) is 5.06. The summed E-state index contributed by atoms with van der Waals surface area (Å²) < 4.78 is 4.73. The number of piperidine rings is 1. The molecule has 2 rings (SSSR count). The molecule has 0 radical (unpaired) electrons. The van der Waals surface area contributed by atoms with E-state index in [2.05, 4.69) is 24.1 Å². The van der Waals surface area contributed by atoms with Crippen molar-refractivity contribution in [2.75, 3.05) is 20.2 Å². The fraction of sp³-hybridized carbons (Fsp3) is 0.933. The van der Waals surface area contributed by atoms with Gasteiger partial charge < -0.3 is 10.1 Å². The highest BCUT2D eigenvalue weighted by molar-refractivity contribution is 5.67. The number of hydrogen-bond donors (Lipinski definition) is 1. The monoisotopic (exact) mass is 268 g/mol. The summed E-state index contributed by atoms with van der Waals surface area (Å²) in [6.07, 6.45) is 6.13. The second-order valence-electron chi connectivity index (χ2n) is 6.23. The van der Waals surface area contributed by atoms with Gasteiger partial charge >= 0.3 is 6.09 Å². The van der Waals surface area contributed by atoms with Crippen molar-refractivity contribution in [3.63, 3.8) is 0 Å². The average Bonchev–Trinajstić information content (AvgIpc) is 2.36. The predicted octanol–water partition coefficient (Wildman–Crippen LogP) is 2.63. The van der Waals surface area contributed by atoms with Gasteiger partial charge in [0, 0.05) is 25.2 Å². The highest BCUT2D eigenvalue weighted by Crippen LogP contribution is 2.34. The number of hydrogen-bond acceptors (Lipinski definition) is 3. The lowest BCUT2D eigenvalue weighted by Gasteiger charge is -2.45. The second-order valence-corrected chi connectivity index (χ2v) is 6.23. The van der Waals surface area contributed by atoms with Crippen molar-refractivity contribution in [1.82, 2.24) is 10.2 Å². The molecule has 4 heteroatoms. The Morgan fingerprint density at radius 2 is 2.16 bits per heavy atom. The van der Waals surface area contributed by atoms with Crippen molar-refractivity contribution < 1.29 is 9.53 Å². The van der Waals surface area contributed by atoms with Crippen LogP contribution >= 0.6 is 0 Å². The first-order chi connectivity index (χ1) is 9.13. The molecular weight excluding hydrogens is 240 g/mol. The molecule has 0 aromatic rings. The van der Waals surface area contributed by atoms with E-state index < -0.39 is 0 Å². The van der Waals surface area contributed by atoms with Crippen molar-refractivity contribution in [3.8, 4) is 0 Å². The Morgan fingerprint density at radius 1 is 1.42 bits per heavy atom. The van der Waals surface area contributed by atoms with E-state index in [-0.39, 0.29) is 12.1 Å². The number of alkyl carbamates (subject to hydrolysis) is 1. The molecule has 1 saturated heterocycles. The van der Waals surface area contributed by atoms with E-state index in [1.807, 2.05) is 0 Å². The van der Waals surface area contributed by atoms with Gasteiger partial charge in [-0.1, -0.05) is 19.8 Å². The fourth-order valence-electron chi connectivity index (χ4n) is 3.42. The smallest absolute Gasteiger partial charge is 0.407 e. The molecule has 2 fully saturated rings. The molecule has 110 valence electrons. The number of amides is 1. The Labute approximate surface area is 116 Å². The van der Waals surface area contributed by atoms with Gasteiger partial charge in [-0.15, -0.1) is 0 Å². The third-order valence-electron chi connectivity index (χ3n) is 5.06. The lowest BCUT2D eigenvalue weighted by Crippen LogP contribution is -2.55. The maximum absolute atomic E-state index is 11.4. The summed E-state index contributed by atoms with van der Waals surface area (Å²) in [6.45, 7) is 6.77. The molecule has 0 spiro atoms. The highest BCUT2D eigenvalue weighted by atomic mass is 16.5. The van der Waals surface area contributed by atoms with Gasteiger partial charge in [0.15, 0.2) is 0 Å². The van der Waals surface area contributed by atoms with Crippen LogP contribution in [0.3, 0.4) is 0 Å². The van der Waals surface area contributed by atoms with Crippen LogP contribution < -0.4 is 5.32 Å². The summed E-state index contributed by atoms with van der Waals surface area (Å²) in [7, 11) is 1.43. The Balaban J connectivity index is 1.92. The first-order valence-corrected chi connectivity index (χ1v) is 7.72. The number of ether oxygens (including phenoxy) is 1. The van der Waals surface area contributed by atoms with E-state index in [4.69, 9.17) is 4.74 Å². The van der Waals surface area contributed by atoms with Crippen LogP contribution in [0.4, 0.5) is 4.79 Å². The zero-order valence-corrected chi connectivity index (χ0v) is 12.5. The van der Waals surface area contributed by atoms with Crippen LogP contribution in [-0.4, -0.2) is 43.3 Å². The van der Waals surface area contributed by atoms with Gasteiger partial charge in [-0.25, -0.2) is 4.79 Å². The number of likely N-dealkylation sites (tertiary alicyclic amines) is 1. The van der Waals surface area contributed by atoms with Crippen LogP contribution in [0.15, 0.2) is 0 Å². The SMILES string of the molecule is CCC1CC(NC(=O)OC)CN(C(C)C2CCC2)C1. The van der Waals surface area contributed by atoms with E-state index in [1.54, 1.807) is 0 Å². The van der Waals surface area contributed by atoms with Crippen molar-refractivity contribution in [2.45, 2.75) is 58.0 Å². The number of nitrogens with zero attached hydrogens (tertiary/aromatic N) is 1. The van der Waals surface area contributed by atoms with Crippen LogP contribution in [0, 0.1) is 11.8 Å². The summed E-state index contributed by atoms with van der Waals surface area (Å²) in [5, 5.41) is 2.99. The molecule has 0 aromatic heterocycles. The molecule has 1 aliphatic carbocycles. The minimum absolute atomic E-state index is 0.244. The van der Waals surface area contributed by atoms with E-state index in [0.29, 0.717) is 12.0 Å². The quantitative estimate of drug-likeness (QED) is 0.852. The Hall–Kier alpha value is -0.770. The predicted molar refractivity (Wildman–Crippen MR) is 76.1 cm³/mol. The molecule has 19 heavy (non-hydrogen) atoms. The fourth-order valence-corrected chi connectivity index (χ4v) is 3.42. The minimum atomic E-state index is -0.294. The second kappa shape index (κ2) is 6.60. The molecule has 1 saturated carbocycles. The Kier molecular flexibility index (Phi) is 5.08. The molecule has 4 nitrogen and oxygen atoms in total. The van der Waals surface area contributed by atoms with Gasteiger partial charge in [0.05, 0.1) is 7.11 Å². The first kappa shape index (κ1) is 14.6. The van der Waals surface area contributed by atoms with Gasteiger partial charge in [-0.05, 0) is 38.0 Å². The Morgan fingerprint density at radius 3 is 2.68 bits per heavy atom. The van der Waals surface area contributed by atoms with Gasteiger partial charge in [0.25, 0.3) is 0 Å². The molecule has 1 N–H and O–H groups in total. The third kappa shape index (κ3) is 3.62. The number of nitrogens with one attached hydrogen (secondary N) is 1. The summed E-state index contributed by atoms with van der Waals surface area (Å²) in [5.41, 5.74) is 0. The van der Waals surface area contributed by atoms with Crippen molar-refractivity contribution in [1.29, 1.82) is 0 Å². The molecule has 1 heterocycles. The van der Waals surface area contributed by atoms with Crippen LogP contribution in [0.5, 0.6) is 0 Å². The standard InChI is InChI=1S/C15H28N2O2/c1-4-12-8-14(16-15(18)19-3)10-17(9-12)11(2)13-6-5-7-13/h11-14H,4-10H2,1-3H3,(H,16,18). The van der Waals surface area contributed by atoms with Gasteiger partial charge in [-0.3, -0.25) is 4.90 Å². The lowest BCUT2D eigenvalue weighted by molar-refractivity contribution is 0.0498. The molecule has 2 aliphatic rings.